The maximum atomic E-state index is 13.3. The van der Waals surface area contributed by atoms with Crippen molar-refractivity contribution in [2.45, 2.75) is 53.1 Å². The van der Waals surface area contributed by atoms with Gasteiger partial charge in [0.1, 0.15) is 0 Å². The summed E-state index contributed by atoms with van der Waals surface area (Å²) in [7, 11) is 0. The van der Waals surface area contributed by atoms with Crippen LogP contribution in [0, 0.1) is 5.92 Å². The minimum atomic E-state index is -0.561. The molecule has 152 valence electrons. The van der Waals surface area contributed by atoms with Gasteiger partial charge in [0, 0.05) is 37.9 Å². The molecule has 1 amide bonds. The Morgan fingerprint density at radius 1 is 1.29 bits per heavy atom. The van der Waals surface area contributed by atoms with Crippen LogP contribution >= 0.6 is 0 Å². The number of aromatic amines is 1. The van der Waals surface area contributed by atoms with E-state index in [0.717, 1.165) is 0 Å². The molecule has 2 N–H and O–H groups in total. The number of nitrogens with one attached hydrogen (secondary N) is 2. The molecule has 8 nitrogen and oxygen atoms in total. The fraction of sp³-hybridized carbons (Fsp3) is 0.600. The summed E-state index contributed by atoms with van der Waals surface area (Å²) in [4.78, 5) is 47.2. The van der Waals surface area contributed by atoms with Crippen molar-refractivity contribution in [3.63, 3.8) is 0 Å². The van der Waals surface area contributed by atoms with Gasteiger partial charge in [-0.05, 0) is 24.8 Å². The van der Waals surface area contributed by atoms with Gasteiger partial charge in [0.2, 0.25) is 0 Å². The van der Waals surface area contributed by atoms with Crippen LogP contribution < -0.4 is 16.6 Å². The van der Waals surface area contributed by atoms with Gasteiger partial charge in [-0.25, -0.2) is 9.78 Å². The maximum absolute atomic E-state index is 13.3. The van der Waals surface area contributed by atoms with E-state index in [1.807, 2.05) is 34.6 Å². The first-order chi connectivity index (χ1) is 13.2. The second-order valence-corrected chi connectivity index (χ2v) is 8.32. The average Bonchev–Trinajstić information content (AvgIpc) is 2.63. The first-order valence-electron chi connectivity index (χ1n) is 9.89. The maximum Gasteiger partial charge on any atom is 0.330 e. The molecule has 1 unspecified atom stereocenters. The van der Waals surface area contributed by atoms with Crippen molar-refractivity contribution in [1.82, 2.24) is 24.8 Å². The molecule has 1 atom stereocenters. The van der Waals surface area contributed by atoms with E-state index in [0.29, 0.717) is 43.1 Å². The van der Waals surface area contributed by atoms with E-state index in [1.54, 1.807) is 11.0 Å². The number of rotatable bonds is 4. The zero-order chi connectivity index (χ0) is 20.6. The van der Waals surface area contributed by atoms with Crippen LogP contribution in [0.15, 0.2) is 15.7 Å². The van der Waals surface area contributed by atoms with Gasteiger partial charge in [-0.2, -0.15) is 0 Å². The van der Waals surface area contributed by atoms with Gasteiger partial charge in [-0.1, -0.05) is 27.7 Å². The molecule has 1 fully saturated rings. The predicted octanol–water partition coefficient (Wildman–Crippen LogP) is 1.30. The summed E-state index contributed by atoms with van der Waals surface area (Å²) in [6, 6.07) is 1.90. The van der Waals surface area contributed by atoms with Gasteiger partial charge in [-0.15, -0.1) is 0 Å². The SMILES string of the molecule is CC(C)Cn1c(=O)[nH]c(=O)c2c(C(=O)N3CCNC(C)C3)cc(C(C)C)nc21. The number of fused-ring (bicyclic) bond motifs is 1. The molecular weight excluding hydrogens is 358 g/mol. The highest BCUT2D eigenvalue weighted by atomic mass is 16.2. The highest BCUT2D eigenvalue weighted by Crippen LogP contribution is 2.22. The average molecular weight is 387 g/mol. The summed E-state index contributed by atoms with van der Waals surface area (Å²) in [6.45, 7) is 12.2. The summed E-state index contributed by atoms with van der Waals surface area (Å²) in [5.41, 5.74) is 0.256. The van der Waals surface area contributed by atoms with Crippen LogP contribution in [0.25, 0.3) is 11.0 Å². The molecule has 1 saturated heterocycles. The Morgan fingerprint density at radius 3 is 2.61 bits per heavy atom. The molecule has 0 bridgehead atoms. The number of hydrogen-bond acceptors (Lipinski definition) is 5. The van der Waals surface area contributed by atoms with Crippen LogP contribution in [0.5, 0.6) is 0 Å². The van der Waals surface area contributed by atoms with Crippen molar-refractivity contribution in [3.05, 3.63) is 38.2 Å². The van der Waals surface area contributed by atoms with Gasteiger partial charge in [0.05, 0.1) is 10.9 Å². The Labute approximate surface area is 164 Å². The second-order valence-electron chi connectivity index (χ2n) is 8.32. The van der Waals surface area contributed by atoms with E-state index in [-0.39, 0.29) is 29.2 Å². The van der Waals surface area contributed by atoms with E-state index in [4.69, 9.17) is 0 Å². The third-order valence-electron chi connectivity index (χ3n) is 4.99. The first kappa shape index (κ1) is 20.3. The van der Waals surface area contributed by atoms with Crippen LogP contribution in [0.1, 0.15) is 56.6 Å². The minimum absolute atomic E-state index is 0.0554. The zero-order valence-electron chi connectivity index (χ0n) is 17.2. The standard InChI is InChI=1S/C20H29N5O3/c1-11(2)9-25-17-16(18(26)23-20(25)28)14(8-15(22-17)12(3)4)19(27)24-7-6-21-13(5)10-24/h8,11-13,21H,6-7,9-10H2,1-5H3,(H,23,26,28). The van der Waals surface area contributed by atoms with E-state index < -0.39 is 11.2 Å². The number of piperazine rings is 1. The lowest BCUT2D eigenvalue weighted by molar-refractivity contribution is 0.0710. The molecule has 1 aliphatic heterocycles. The largest absolute Gasteiger partial charge is 0.336 e. The fourth-order valence-corrected chi connectivity index (χ4v) is 3.58. The molecule has 1 aliphatic rings. The summed E-state index contributed by atoms with van der Waals surface area (Å²) in [5, 5.41) is 3.51. The highest BCUT2D eigenvalue weighted by Gasteiger charge is 2.26. The molecular formula is C20H29N5O3. The Hall–Kier alpha value is -2.48. The number of nitrogens with zero attached hydrogens (tertiary/aromatic N) is 3. The lowest BCUT2D eigenvalue weighted by Gasteiger charge is -2.32. The number of carbonyl (C=O) groups excluding carboxylic acids is 1. The molecule has 0 aliphatic carbocycles. The van der Waals surface area contributed by atoms with E-state index in [1.165, 1.54) is 4.57 Å². The summed E-state index contributed by atoms with van der Waals surface area (Å²) >= 11 is 0. The smallest absolute Gasteiger partial charge is 0.330 e. The molecule has 3 heterocycles. The van der Waals surface area contributed by atoms with E-state index in [2.05, 4.69) is 15.3 Å². The number of carbonyl (C=O) groups is 1. The van der Waals surface area contributed by atoms with Gasteiger partial charge in [0.25, 0.3) is 11.5 Å². The minimum Gasteiger partial charge on any atom is -0.336 e. The van der Waals surface area contributed by atoms with Gasteiger partial charge >= 0.3 is 5.69 Å². The lowest BCUT2D eigenvalue weighted by Crippen LogP contribution is -2.51. The molecule has 0 spiro atoms. The first-order valence-corrected chi connectivity index (χ1v) is 9.89. The number of hydrogen-bond donors (Lipinski definition) is 2. The lowest BCUT2D eigenvalue weighted by atomic mass is 10.0. The predicted molar refractivity (Wildman–Crippen MR) is 109 cm³/mol. The molecule has 0 radical (unpaired) electrons. The van der Waals surface area contributed by atoms with Crippen LogP contribution in [-0.2, 0) is 6.54 Å². The molecule has 0 aromatic carbocycles. The van der Waals surface area contributed by atoms with Crippen molar-refractivity contribution in [1.29, 1.82) is 0 Å². The van der Waals surface area contributed by atoms with Crippen molar-refractivity contribution in [2.75, 3.05) is 19.6 Å². The number of amides is 1. The third-order valence-corrected chi connectivity index (χ3v) is 4.99. The van der Waals surface area contributed by atoms with Gasteiger partial charge in [0.15, 0.2) is 5.65 Å². The van der Waals surface area contributed by atoms with Crippen LogP contribution in [0.3, 0.4) is 0 Å². The third kappa shape index (κ3) is 3.87. The van der Waals surface area contributed by atoms with Gasteiger partial charge in [-0.3, -0.25) is 19.1 Å². The monoisotopic (exact) mass is 387 g/mol. The second kappa shape index (κ2) is 7.87. The van der Waals surface area contributed by atoms with Crippen molar-refractivity contribution < 1.29 is 4.79 Å². The Kier molecular flexibility index (Phi) is 5.69. The molecule has 3 rings (SSSR count). The molecule has 8 heteroatoms. The quantitative estimate of drug-likeness (QED) is 0.824. The van der Waals surface area contributed by atoms with Gasteiger partial charge < -0.3 is 10.2 Å². The number of aromatic nitrogens is 3. The highest BCUT2D eigenvalue weighted by molar-refractivity contribution is 6.05. The van der Waals surface area contributed by atoms with Crippen LogP contribution in [0.4, 0.5) is 0 Å². The van der Waals surface area contributed by atoms with Crippen molar-refractivity contribution >= 4 is 16.9 Å². The molecule has 2 aromatic heterocycles. The molecule has 28 heavy (non-hydrogen) atoms. The van der Waals surface area contributed by atoms with Crippen molar-refractivity contribution in [3.8, 4) is 0 Å². The Balaban J connectivity index is 2.28. The topological polar surface area (TPSA) is 100 Å². The van der Waals surface area contributed by atoms with E-state index in [9.17, 15) is 14.4 Å². The summed E-state index contributed by atoms with van der Waals surface area (Å²) in [6.07, 6.45) is 0. The Morgan fingerprint density at radius 2 is 2.00 bits per heavy atom. The van der Waals surface area contributed by atoms with E-state index >= 15 is 0 Å². The van der Waals surface area contributed by atoms with Crippen molar-refractivity contribution in [2.24, 2.45) is 5.92 Å². The van der Waals surface area contributed by atoms with Crippen LogP contribution in [0.2, 0.25) is 0 Å². The number of H-pyrrole nitrogens is 1. The van der Waals surface area contributed by atoms with Crippen LogP contribution in [-0.4, -0.2) is 51.0 Å². The molecule has 2 aromatic rings. The molecule has 0 saturated carbocycles. The number of pyridine rings is 1. The Bertz CT molecular complexity index is 1010. The summed E-state index contributed by atoms with van der Waals surface area (Å²) < 4.78 is 1.48. The fourth-order valence-electron chi connectivity index (χ4n) is 3.58. The normalized spacial score (nSPS) is 17.7. The summed E-state index contributed by atoms with van der Waals surface area (Å²) in [5.74, 6) is 0.0483. The zero-order valence-corrected chi connectivity index (χ0v) is 17.2.